The first-order valence-electron chi connectivity index (χ1n) is 5.52. The summed E-state index contributed by atoms with van der Waals surface area (Å²) in [4.78, 5) is 15.0. The average Bonchev–Trinajstić information content (AvgIpc) is 2.33. The van der Waals surface area contributed by atoms with Gasteiger partial charge in [0.25, 0.3) is 0 Å². The van der Waals surface area contributed by atoms with Crippen molar-refractivity contribution in [2.75, 3.05) is 0 Å². The van der Waals surface area contributed by atoms with Gasteiger partial charge in [-0.2, -0.15) is 0 Å². The van der Waals surface area contributed by atoms with Crippen molar-refractivity contribution >= 4 is 23.7 Å². The molecule has 1 aromatic carbocycles. The van der Waals surface area contributed by atoms with Gasteiger partial charge >= 0.3 is 0 Å². The Kier molecular flexibility index (Phi) is 3.67. The van der Waals surface area contributed by atoms with Crippen LogP contribution in [0.2, 0.25) is 5.02 Å². The summed E-state index contributed by atoms with van der Waals surface area (Å²) in [6, 6.07) is 4.96. The van der Waals surface area contributed by atoms with E-state index < -0.39 is 11.9 Å². The molecule has 0 saturated heterocycles. The van der Waals surface area contributed by atoms with E-state index in [9.17, 15) is 4.79 Å². The Labute approximate surface area is 110 Å². The molecule has 4 nitrogen and oxygen atoms in total. The van der Waals surface area contributed by atoms with Gasteiger partial charge in [-0.25, -0.2) is 0 Å². The summed E-state index contributed by atoms with van der Waals surface area (Å²) in [5, 5.41) is 0.536. The molecule has 18 heavy (non-hydrogen) atoms. The normalized spacial score (nSPS) is 18.3. The van der Waals surface area contributed by atoms with E-state index in [2.05, 4.69) is 4.99 Å². The van der Waals surface area contributed by atoms with Gasteiger partial charge in [0.05, 0.1) is 5.02 Å². The molecule has 1 atom stereocenters. The molecule has 94 valence electrons. The van der Waals surface area contributed by atoms with Crippen LogP contribution in [0.5, 0.6) is 5.75 Å². The highest BCUT2D eigenvalue weighted by Crippen LogP contribution is 2.28. The summed E-state index contributed by atoms with van der Waals surface area (Å²) < 4.78 is 5.65. The smallest absolute Gasteiger partial charge is 0.242 e. The minimum atomic E-state index is -0.561. The van der Waals surface area contributed by atoms with E-state index in [1.54, 1.807) is 12.1 Å². The lowest BCUT2D eigenvalue weighted by molar-refractivity contribution is -0.119. The Bertz CT molecular complexity index is 538. The summed E-state index contributed by atoms with van der Waals surface area (Å²) >= 11 is 6.07. The number of nitrogens with zero attached hydrogens (tertiary/aromatic N) is 1. The zero-order valence-corrected chi connectivity index (χ0v) is 10.6. The van der Waals surface area contributed by atoms with E-state index in [-0.39, 0.29) is 0 Å². The molecule has 1 aromatic rings. The molecule has 0 spiro atoms. The number of carbonyl (C=O) groups excluding carboxylic acids is 1. The number of amides is 1. The fourth-order valence-electron chi connectivity index (χ4n) is 1.62. The Hall–Kier alpha value is -1.81. The van der Waals surface area contributed by atoms with Gasteiger partial charge in [-0.15, -0.1) is 0 Å². The second-order valence-corrected chi connectivity index (χ2v) is 4.50. The lowest BCUT2D eigenvalue weighted by atomic mass is 10.1. The van der Waals surface area contributed by atoms with Gasteiger partial charge in [-0.05, 0) is 30.7 Å². The molecule has 1 amide bonds. The van der Waals surface area contributed by atoms with Crippen LogP contribution in [-0.2, 0) is 4.79 Å². The van der Waals surface area contributed by atoms with Crippen molar-refractivity contribution < 1.29 is 9.53 Å². The van der Waals surface area contributed by atoms with Crippen LogP contribution >= 0.6 is 11.6 Å². The maximum absolute atomic E-state index is 11.1. The number of allylic oxidation sites excluding steroid dienone is 1. The summed E-state index contributed by atoms with van der Waals surface area (Å²) in [6.45, 7) is 1.95. The fraction of sp³-hybridized carbons (Fsp3) is 0.231. The SMILES string of the molecule is Cc1ccc(OC2=CC=NC(C(N)=O)C2)c(Cl)c1. The number of halogens is 1. The van der Waals surface area contributed by atoms with Gasteiger partial charge in [0.2, 0.25) is 5.91 Å². The molecule has 1 heterocycles. The first-order chi connectivity index (χ1) is 8.56. The van der Waals surface area contributed by atoms with Crippen LogP contribution in [0, 0.1) is 6.92 Å². The lowest BCUT2D eigenvalue weighted by Gasteiger charge is -2.16. The number of carbonyl (C=O) groups is 1. The van der Waals surface area contributed by atoms with E-state index in [0.29, 0.717) is 23.0 Å². The van der Waals surface area contributed by atoms with E-state index in [1.807, 2.05) is 19.1 Å². The molecule has 0 radical (unpaired) electrons. The molecule has 0 aromatic heterocycles. The minimum Gasteiger partial charge on any atom is -0.460 e. The van der Waals surface area contributed by atoms with Gasteiger partial charge < -0.3 is 10.5 Å². The van der Waals surface area contributed by atoms with Crippen LogP contribution in [0.25, 0.3) is 0 Å². The molecule has 2 rings (SSSR count). The molecule has 0 saturated carbocycles. The second kappa shape index (κ2) is 5.23. The number of nitrogens with two attached hydrogens (primary N) is 1. The third-order valence-corrected chi connectivity index (χ3v) is 2.87. The standard InChI is InChI=1S/C13H13ClN2O2/c1-8-2-3-12(10(14)6-8)18-9-4-5-16-11(7-9)13(15)17/h2-6,11H,7H2,1H3,(H2,15,17). The fourth-order valence-corrected chi connectivity index (χ4v) is 1.89. The van der Waals surface area contributed by atoms with E-state index in [4.69, 9.17) is 22.1 Å². The Morgan fingerprint density at radius 1 is 1.56 bits per heavy atom. The molecule has 0 aliphatic carbocycles. The van der Waals surface area contributed by atoms with E-state index >= 15 is 0 Å². The molecule has 1 unspecified atom stereocenters. The number of aryl methyl sites for hydroxylation is 1. The van der Waals surface area contributed by atoms with Gasteiger partial charge in [-0.3, -0.25) is 9.79 Å². The highest BCUT2D eigenvalue weighted by Gasteiger charge is 2.19. The molecule has 0 fully saturated rings. The van der Waals surface area contributed by atoms with Crippen molar-refractivity contribution in [3.8, 4) is 5.75 Å². The Morgan fingerprint density at radius 2 is 2.33 bits per heavy atom. The maximum atomic E-state index is 11.1. The number of benzene rings is 1. The van der Waals surface area contributed by atoms with Crippen molar-refractivity contribution in [1.82, 2.24) is 0 Å². The van der Waals surface area contributed by atoms with Crippen molar-refractivity contribution in [3.63, 3.8) is 0 Å². The molecule has 1 aliphatic heterocycles. The topological polar surface area (TPSA) is 64.7 Å². The zero-order valence-electron chi connectivity index (χ0n) is 9.89. The molecule has 2 N–H and O–H groups in total. The largest absolute Gasteiger partial charge is 0.460 e. The number of aliphatic imine (C=N–C) groups is 1. The molecular formula is C13H13ClN2O2. The predicted octanol–water partition coefficient (Wildman–Crippen LogP) is 2.24. The third kappa shape index (κ3) is 2.90. The molecule has 5 heteroatoms. The first-order valence-corrected chi connectivity index (χ1v) is 5.89. The lowest BCUT2D eigenvalue weighted by Crippen LogP contribution is -2.29. The number of primary amides is 1. The number of hydrogen-bond acceptors (Lipinski definition) is 3. The number of rotatable bonds is 3. The first kappa shape index (κ1) is 12.6. The van der Waals surface area contributed by atoms with Crippen LogP contribution in [0.3, 0.4) is 0 Å². The number of hydrogen-bond donors (Lipinski definition) is 1. The average molecular weight is 265 g/mol. The molecular weight excluding hydrogens is 252 g/mol. The van der Waals surface area contributed by atoms with Crippen molar-refractivity contribution in [2.45, 2.75) is 19.4 Å². The molecule has 1 aliphatic rings. The number of ether oxygens (including phenoxy) is 1. The predicted molar refractivity (Wildman–Crippen MR) is 71.0 cm³/mol. The highest BCUT2D eigenvalue weighted by atomic mass is 35.5. The van der Waals surface area contributed by atoms with Crippen LogP contribution < -0.4 is 10.5 Å². The zero-order chi connectivity index (χ0) is 13.1. The monoisotopic (exact) mass is 264 g/mol. The van der Waals surface area contributed by atoms with Crippen molar-refractivity contribution in [1.29, 1.82) is 0 Å². The minimum absolute atomic E-state index is 0.357. The van der Waals surface area contributed by atoms with Gasteiger partial charge in [0.15, 0.2) is 0 Å². The maximum Gasteiger partial charge on any atom is 0.242 e. The Balaban J connectivity index is 2.12. The van der Waals surface area contributed by atoms with Gasteiger partial charge in [0.1, 0.15) is 17.6 Å². The molecule has 0 bridgehead atoms. The van der Waals surface area contributed by atoms with Crippen molar-refractivity contribution in [3.05, 3.63) is 40.6 Å². The third-order valence-electron chi connectivity index (χ3n) is 2.58. The second-order valence-electron chi connectivity index (χ2n) is 4.09. The van der Waals surface area contributed by atoms with Crippen LogP contribution in [0.4, 0.5) is 0 Å². The highest BCUT2D eigenvalue weighted by molar-refractivity contribution is 6.32. The van der Waals surface area contributed by atoms with Gasteiger partial charge in [0, 0.05) is 12.6 Å². The number of dihydropyridines is 1. The van der Waals surface area contributed by atoms with E-state index in [0.717, 1.165) is 5.56 Å². The van der Waals surface area contributed by atoms with Crippen LogP contribution in [-0.4, -0.2) is 18.2 Å². The summed E-state index contributed by atoms with van der Waals surface area (Å²) in [5.74, 6) is 0.724. The van der Waals surface area contributed by atoms with E-state index in [1.165, 1.54) is 6.21 Å². The van der Waals surface area contributed by atoms with Crippen molar-refractivity contribution in [2.24, 2.45) is 10.7 Å². The Morgan fingerprint density at radius 3 is 3.00 bits per heavy atom. The summed E-state index contributed by atoms with van der Waals surface area (Å²) in [6.07, 6.45) is 3.59. The van der Waals surface area contributed by atoms with Gasteiger partial charge in [-0.1, -0.05) is 17.7 Å². The van der Waals surface area contributed by atoms with Crippen LogP contribution in [0.1, 0.15) is 12.0 Å². The summed E-state index contributed by atoms with van der Waals surface area (Å²) in [5.41, 5.74) is 6.27. The van der Waals surface area contributed by atoms with Crippen LogP contribution in [0.15, 0.2) is 35.0 Å². The summed E-state index contributed by atoms with van der Waals surface area (Å²) in [7, 11) is 0. The quantitative estimate of drug-likeness (QED) is 0.910.